The first-order valence-corrected chi connectivity index (χ1v) is 8.10. The molecule has 0 heterocycles. The van der Waals surface area contributed by atoms with Gasteiger partial charge in [0.05, 0.1) is 7.11 Å². The van der Waals surface area contributed by atoms with Crippen molar-refractivity contribution in [3.05, 3.63) is 11.6 Å². The Morgan fingerprint density at radius 1 is 1.43 bits per heavy atom. The first-order valence-electron chi connectivity index (χ1n) is 6.94. The molecule has 0 fully saturated rings. The molecule has 1 atom stereocenters. The minimum atomic E-state index is -0.829. The zero-order valence-electron chi connectivity index (χ0n) is 13.8. The molecule has 5 nitrogen and oxygen atoms in total. The third kappa shape index (κ3) is 10.2. The Morgan fingerprint density at radius 2 is 2.05 bits per heavy atom. The van der Waals surface area contributed by atoms with Gasteiger partial charge in [0, 0.05) is 17.1 Å². The molecule has 0 aromatic rings. The van der Waals surface area contributed by atoms with Gasteiger partial charge < -0.3 is 14.6 Å². The Morgan fingerprint density at radius 3 is 2.52 bits per heavy atom. The van der Waals surface area contributed by atoms with Crippen molar-refractivity contribution in [3.8, 4) is 0 Å². The molecule has 0 aliphatic heterocycles. The van der Waals surface area contributed by atoms with E-state index in [9.17, 15) is 9.90 Å². The molecule has 0 amide bonds. The lowest BCUT2D eigenvalue weighted by molar-refractivity contribution is -0.261. The van der Waals surface area contributed by atoms with Gasteiger partial charge in [-0.05, 0) is 13.3 Å². The molecule has 122 valence electrons. The van der Waals surface area contributed by atoms with Crippen LogP contribution in [-0.2, 0) is 14.3 Å². The van der Waals surface area contributed by atoms with E-state index in [-0.39, 0.29) is 0 Å². The molecule has 0 aromatic carbocycles. The average molecular weight is 316 g/mol. The van der Waals surface area contributed by atoms with Gasteiger partial charge in [-0.1, -0.05) is 39.3 Å². The van der Waals surface area contributed by atoms with Gasteiger partial charge in [0.2, 0.25) is 0 Å². The minimum Gasteiger partial charge on any atom is -0.595 e. The molecule has 0 saturated carbocycles. The fourth-order valence-electron chi connectivity index (χ4n) is 1.23. The normalized spacial score (nSPS) is 14.8. The maximum absolute atomic E-state index is 11.7. The number of aliphatic imine (C=N–C) groups is 1. The molecule has 0 rings (SSSR count). The number of hydrogen-bond donors (Lipinski definition) is 0. The molecule has 6 heteroatoms. The first kappa shape index (κ1) is 19.8. The molecule has 0 aromatic heterocycles. The summed E-state index contributed by atoms with van der Waals surface area (Å²) in [6, 6.07) is -0.829. The molecule has 0 aliphatic carbocycles. The summed E-state index contributed by atoms with van der Waals surface area (Å²) < 4.78 is 9.76. The average Bonchev–Trinajstić information content (AvgIpc) is 2.38. The Balaban J connectivity index is 4.60. The van der Waals surface area contributed by atoms with E-state index in [0.717, 1.165) is 12.2 Å². The zero-order chi connectivity index (χ0) is 16.5. The van der Waals surface area contributed by atoms with Crippen molar-refractivity contribution < 1.29 is 19.4 Å². The van der Waals surface area contributed by atoms with Crippen LogP contribution in [0.25, 0.3) is 0 Å². The molecule has 0 aliphatic rings. The highest BCUT2D eigenvalue weighted by Gasteiger charge is 2.18. The van der Waals surface area contributed by atoms with Crippen LogP contribution in [0.5, 0.6) is 0 Å². The van der Waals surface area contributed by atoms with Gasteiger partial charge in [0.1, 0.15) is 6.08 Å². The van der Waals surface area contributed by atoms with E-state index in [1.165, 1.54) is 24.4 Å². The quantitative estimate of drug-likeness (QED) is 0.237. The summed E-state index contributed by atoms with van der Waals surface area (Å²) in [4.78, 5) is 15.4. The monoisotopic (exact) mass is 316 g/mol. The van der Waals surface area contributed by atoms with Gasteiger partial charge in [-0.3, -0.25) is 4.99 Å². The van der Waals surface area contributed by atoms with Crippen molar-refractivity contribution in [2.24, 2.45) is 4.99 Å². The fourth-order valence-corrected chi connectivity index (χ4v) is 2.21. The summed E-state index contributed by atoms with van der Waals surface area (Å²) >= 11 is 1.53. The Labute approximate surface area is 131 Å². The summed E-state index contributed by atoms with van der Waals surface area (Å²) in [7, 11) is 1.28. The van der Waals surface area contributed by atoms with Gasteiger partial charge in [0.25, 0.3) is 0 Å². The number of ether oxygens (including phenoxy) is 2. The van der Waals surface area contributed by atoms with Crippen molar-refractivity contribution in [2.75, 3.05) is 18.6 Å². The summed E-state index contributed by atoms with van der Waals surface area (Å²) in [5.74, 6) is 0.640. The molecular weight excluding hydrogens is 290 g/mol. The van der Waals surface area contributed by atoms with Gasteiger partial charge in [0.15, 0.2) is 6.04 Å². The second-order valence-electron chi connectivity index (χ2n) is 5.59. The fraction of sp³-hybridized carbons (Fsp3) is 0.733. The number of methoxy groups -OCH3 is 1. The smallest absolute Gasteiger partial charge is 0.331 e. The number of rotatable bonds is 7. The second kappa shape index (κ2) is 9.71. The number of esters is 1. The summed E-state index contributed by atoms with van der Waals surface area (Å²) in [5, 5.41) is 11.7. The van der Waals surface area contributed by atoms with E-state index in [4.69, 9.17) is 4.74 Å². The highest BCUT2D eigenvalue weighted by molar-refractivity contribution is 7.99. The van der Waals surface area contributed by atoms with Crippen LogP contribution >= 0.6 is 11.8 Å². The maximum atomic E-state index is 11.7. The number of thioether (sulfide) groups is 1. The third-order valence-electron chi connectivity index (χ3n) is 2.51. The van der Waals surface area contributed by atoms with Crippen LogP contribution in [0, 0.1) is 0 Å². The topological polar surface area (TPSA) is 71.0 Å². The van der Waals surface area contributed by atoms with Crippen LogP contribution in [0.1, 0.15) is 41.0 Å². The summed E-state index contributed by atoms with van der Waals surface area (Å²) in [6.45, 7) is 9.40. The van der Waals surface area contributed by atoms with E-state index in [0.29, 0.717) is 5.75 Å². The number of hydrogen-bond acceptors (Lipinski definition) is 6. The first-order chi connectivity index (χ1) is 9.69. The maximum Gasteiger partial charge on any atom is 0.331 e. The van der Waals surface area contributed by atoms with E-state index in [2.05, 4.69) is 29.7 Å². The molecule has 21 heavy (non-hydrogen) atoms. The van der Waals surface area contributed by atoms with E-state index < -0.39 is 23.7 Å². The predicted octanol–water partition coefficient (Wildman–Crippen LogP) is 2.15. The van der Waals surface area contributed by atoms with Crippen LogP contribution in [0.3, 0.4) is 0 Å². The molecule has 0 radical (unpaired) electrons. The molecule has 0 unspecified atom stereocenters. The molecule has 0 spiro atoms. The Bertz CT molecular complexity index is 386. The number of nitrogens with zero attached hydrogens (tertiary/aromatic N) is 1. The van der Waals surface area contributed by atoms with E-state index in [1.807, 2.05) is 0 Å². The van der Waals surface area contributed by atoms with Crippen LogP contribution in [0.4, 0.5) is 0 Å². The highest BCUT2D eigenvalue weighted by atomic mass is 32.2. The van der Waals surface area contributed by atoms with Gasteiger partial charge >= 0.3 is 5.97 Å². The van der Waals surface area contributed by atoms with Gasteiger partial charge in [-0.25, -0.2) is 4.79 Å². The molecule has 0 saturated heterocycles. The van der Waals surface area contributed by atoms with E-state index in [1.54, 1.807) is 20.8 Å². The lowest BCUT2D eigenvalue weighted by Crippen LogP contribution is -2.35. The van der Waals surface area contributed by atoms with Gasteiger partial charge in [-0.2, -0.15) is 11.8 Å². The predicted molar refractivity (Wildman–Crippen MR) is 85.5 cm³/mol. The van der Waals surface area contributed by atoms with Crippen molar-refractivity contribution in [1.82, 2.24) is 0 Å². The molecule has 0 N–H and O–H groups in total. The summed E-state index contributed by atoms with van der Waals surface area (Å²) in [5.41, 5.74) is 0.663. The van der Waals surface area contributed by atoms with Gasteiger partial charge in [-0.15, -0.1) is 0 Å². The molecule has 0 bridgehead atoms. The Kier molecular flexibility index (Phi) is 9.17. The number of carbonyl (C=O) groups is 1. The van der Waals surface area contributed by atoms with Crippen molar-refractivity contribution in [3.63, 3.8) is 0 Å². The van der Waals surface area contributed by atoms with Crippen LogP contribution in [-0.4, -0.2) is 42.3 Å². The van der Waals surface area contributed by atoms with E-state index >= 15 is 0 Å². The summed E-state index contributed by atoms with van der Waals surface area (Å²) in [6.07, 6.45) is 2.37. The highest BCUT2D eigenvalue weighted by Crippen LogP contribution is 2.12. The molecular formula is C15H26NO4S-. The lowest BCUT2D eigenvalue weighted by atomic mass is 10.2. The largest absolute Gasteiger partial charge is 0.595 e. The van der Waals surface area contributed by atoms with Crippen LogP contribution in [0.2, 0.25) is 0 Å². The van der Waals surface area contributed by atoms with Crippen LogP contribution in [0.15, 0.2) is 16.6 Å². The third-order valence-corrected chi connectivity index (χ3v) is 3.46. The second-order valence-corrected chi connectivity index (χ2v) is 6.66. The standard InChI is InChI=1S/C15H27NO4S/c1-7-11(2)8-9-21-10-12(13(17)19-6)16-14(18)20-15(3,4)5/h8,12H,7,9-10H2,1-6H3,(H,16,18)/p-1/t12-/m0/s1. The van der Waals surface area contributed by atoms with Crippen LogP contribution < -0.4 is 5.11 Å². The number of allylic oxidation sites excluding steroid dienone is 1. The van der Waals surface area contributed by atoms with Crippen molar-refractivity contribution in [2.45, 2.75) is 52.7 Å². The lowest BCUT2D eigenvalue weighted by Gasteiger charge is -2.30. The number of carbonyl (C=O) groups excluding carboxylic acids is 1. The minimum absolute atomic E-state index is 0.388. The zero-order valence-corrected chi connectivity index (χ0v) is 14.6. The van der Waals surface area contributed by atoms with Crippen molar-refractivity contribution in [1.29, 1.82) is 0 Å². The SMILES string of the molecule is CCC(C)=CCSC[C@H](N=C([O-])OC(C)(C)C)C(=O)OC. The van der Waals surface area contributed by atoms with Crippen molar-refractivity contribution >= 4 is 23.8 Å². The Hall–Kier alpha value is -1.17.